The molecule has 0 N–H and O–H groups in total. The molecule has 0 amide bonds. The van der Waals surface area contributed by atoms with Gasteiger partial charge in [-0.25, -0.2) is 0 Å². The van der Waals surface area contributed by atoms with Gasteiger partial charge in [-0.15, -0.1) is 0 Å². The average Bonchev–Trinajstić information content (AvgIpc) is 1.88. The van der Waals surface area contributed by atoms with Crippen molar-refractivity contribution in [1.82, 2.24) is 0 Å². The second kappa shape index (κ2) is 9.56. The molecule has 0 aliphatic rings. The molecule has 12 heavy (non-hydrogen) atoms. The van der Waals surface area contributed by atoms with Crippen molar-refractivity contribution in [3.05, 3.63) is 0 Å². The molecule has 0 saturated carbocycles. The molecule has 0 fully saturated rings. The maximum atomic E-state index is 10.8. The van der Waals surface area contributed by atoms with Gasteiger partial charge < -0.3 is 13.7 Å². The molecule has 76 valence electrons. The third kappa shape index (κ3) is 7.42. The first-order valence-corrected chi connectivity index (χ1v) is 12.2. The lowest BCUT2D eigenvalue weighted by Gasteiger charge is -2.01. The molecule has 0 aliphatic carbocycles. The number of alkyl halides is 1. The third-order valence-corrected chi connectivity index (χ3v) is 15.5. The van der Waals surface area contributed by atoms with Crippen LogP contribution < -0.4 is 0 Å². The van der Waals surface area contributed by atoms with Gasteiger partial charge in [-0.2, -0.15) is 0 Å². The number of hydrogen-bond acceptors (Lipinski definition) is 3. The Morgan fingerprint density at radius 3 is 0.917 bits per heavy atom. The van der Waals surface area contributed by atoms with Crippen LogP contribution in [0.2, 0.25) is 0 Å². The summed E-state index contributed by atoms with van der Waals surface area (Å²) in [6.07, 6.45) is 4.27. The summed E-state index contributed by atoms with van der Waals surface area (Å²) in [7, 11) is -4.67. The number of hydrogen-bond donors (Lipinski definition) is 0. The van der Waals surface area contributed by atoms with Crippen molar-refractivity contribution in [2.24, 2.45) is 0 Å². The van der Waals surface area contributed by atoms with E-state index in [9.17, 15) is 13.7 Å². The first-order valence-electron chi connectivity index (χ1n) is 2.60. The van der Waals surface area contributed by atoms with Crippen LogP contribution in [0.15, 0.2) is 0 Å². The first-order chi connectivity index (χ1) is 5.46. The summed E-state index contributed by atoms with van der Waals surface area (Å²) in [5, 5.41) is 0. The summed E-state index contributed by atoms with van der Waals surface area (Å²) in [5.74, 6) is 0. The van der Waals surface area contributed by atoms with Gasteiger partial charge in [0.2, 0.25) is 0 Å². The minimum Gasteiger partial charge on any atom is -0.563 e. The van der Waals surface area contributed by atoms with Crippen molar-refractivity contribution in [3.63, 3.8) is 0 Å². The minimum atomic E-state index is -1.24. The molecule has 0 aromatic carbocycles. The van der Waals surface area contributed by atoms with Crippen LogP contribution in [0.1, 0.15) is 0 Å². The SMILES string of the molecule is CI.C[S+]([O-])[S+]([S+](C)[O-])[S+](C)[O-]. The Morgan fingerprint density at radius 1 is 0.750 bits per heavy atom. The highest BCUT2D eigenvalue weighted by molar-refractivity contribution is 14.1. The van der Waals surface area contributed by atoms with Crippen molar-refractivity contribution >= 4 is 61.2 Å². The molecule has 0 spiro atoms. The Balaban J connectivity index is 0. The summed E-state index contributed by atoms with van der Waals surface area (Å²) >= 11 is 2.15. The highest BCUT2D eigenvalue weighted by Gasteiger charge is 2.56. The molecule has 0 rings (SSSR count). The highest BCUT2D eigenvalue weighted by atomic mass is 127. The van der Waals surface area contributed by atoms with Gasteiger partial charge in [0.25, 0.3) is 30.6 Å². The maximum absolute atomic E-state index is 10.8. The minimum absolute atomic E-state index is 0.963. The predicted octanol–water partition coefficient (Wildman–Crippen LogP) is 0.536. The zero-order valence-electron chi connectivity index (χ0n) is 7.24. The standard InChI is InChI=1S/C3H9O3S4.CH3I/c1-7(4)10(8(2)5)9(3)6;1-2/h1-3H3;1H3/q+1;. The fraction of sp³-hybridized carbons (Fsp3) is 1.00. The lowest BCUT2D eigenvalue weighted by molar-refractivity contribution is 0.608. The Morgan fingerprint density at radius 2 is 0.917 bits per heavy atom. The van der Waals surface area contributed by atoms with Gasteiger partial charge in [-0.3, -0.25) is 0 Å². The van der Waals surface area contributed by atoms with Gasteiger partial charge in [0.15, 0.2) is 18.8 Å². The van der Waals surface area contributed by atoms with E-state index in [2.05, 4.69) is 22.6 Å². The number of halogens is 1. The van der Waals surface area contributed by atoms with Crippen LogP contribution in [-0.4, -0.2) is 37.4 Å². The van der Waals surface area contributed by atoms with Crippen molar-refractivity contribution in [1.29, 1.82) is 0 Å². The van der Waals surface area contributed by atoms with Gasteiger partial charge in [-0.1, -0.05) is 22.6 Å². The Kier molecular flexibility index (Phi) is 13.1. The van der Waals surface area contributed by atoms with Crippen molar-refractivity contribution in [2.75, 3.05) is 23.7 Å². The van der Waals surface area contributed by atoms with E-state index in [0.29, 0.717) is 0 Å². The normalized spacial score (nSPS) is 20.0. The fourth-order valence-electron chi connectivity index (χ4n) is 0.405. The predicted molar refractivity (Wildman–Crippen MR) is 69.5 cm³/mol. The molecule has 0 aliphatic heterocycles. The van der Waals surface area contributed by atoms with E-state index in [-0.39, 0.29) is 0 Å². The molecule has 0 aromatic heterocycles. The van der Waals surface area contributed by atoms with E-state index in [1.165, 1.54) is 18.8 Å². The summed E-state index contributed by atoms with van der Waals surface area (Å²) in [6, 6.07) is 0. The van der Waals surface area contributed by atoms with E-state index in [1.54, 1.807) is 0 Å². The van der Waals surface area contributed by atoms with E-state index in [4.69, 9.17) is 0 Å². The molecular formula is C4H12IO3S4+. The fourth-order valence-corrected chi connectivity index (χ4v) is 10.9. The van der Waals surface area contributed by atoms with Crippen LogP contribution >= 0.6 is 22.6 Å². The largest absolute Gasteiger partial charge is 0.598 e. The van der Waals surface area contributed by atoms with Gasteiger partial charge in [0, 0.05) is 0 Å². The molecule has 3 atom stereocenters. The molecule has 3 unspecified atom stereocenters. The zero-order valence-corrected chi connectivity index (χ0v) is 12.7. The van der Waals surface area contributed by atoms with Crippen LogP contribution in [0.5, 0.6) is 0 Å². The van der Waals surface area contributed by atoms with Gasteiger partial charge in [-0.05, 0) is 4.93 Å². The van der Waals surface area contributed by atoms with Gasteiger partial charge in [0.05, 0.1) is 0 Å². The highest BCUT2D eigenvalue weighted by Crippen LogP contribution is 2.19. The van der Waals surface area contributed by atoms with Crippen LogP contribution in [0.4, 0.5) is 0 Å². The zero-order chi connectivity index (χ0) is 10.3. The topological polar surface area (TPSA) is 69.2 Å². The quantitative estimate of drug-likeness (QED) is 0.318. The van der Waals surface area contributed by atoms with E-state index in [0.717, 1.165) is 0 Å². The smallest absolute Gasteiger partial charge is 0.563 e. The molecule has 0 saturated heterocycles. The molecule has 3 nitrogen and oxygen atoms in total. The number of rotatable bonds is 3. The van der Waals surface area contributed by atoms with Crippen LogP contribution in [0, 0.1) is 0 Å². The Hall–Kier alpha value is 2.01. The van der Waals surface area contributed by atoms with Crippen molar-refractivity contribution < 1.29 is 13.7 Å². The molecule has 0 aromatic rings. The van der Waals surface area contributed by atoms with Crippen LogP contribution in [0.25, 0.3) is 0 Å². The van der Waals surface area contributed by atoms with Crippen molar-refractivity contribution in [2.45, 2.75) is 0 Å². The average molecular weight is 363 g/mol. The Bertz CT molecular complexity index is 83.3. The lowest BCUT2D eigenvalue weighted by Crippen LogP contribution is -2.30. The van der Waals surface area contributed by atoms with Gasteiger partial charge in [0.1, 0.15) is 0 Å². The monoisotopic (exact) mass is 363 g/mol. The van der Waals surface area contributed by atoms with Crippen LogP contribution in [-0.2, 0) is 38.6 Å². The van der Waals surface area contributed by atoms with Crippen molar-refractivity contribution in [3.8, 4) is 0 Å². The first kappa shape index (κ1) is 16.4. The summed E-state index contributed by atoms with van der Waals surface area (Å²) in [6.45, 7) is 0. The second-order valence-electron chi connectivity index (χ2n) is 1.41. The summed E-state index contributed by atoms with van der Waals surface area (Å²) in [5.41, 5.74) is 0. The maximum Gasteiger partial charge on any atom is 0.598 e. The molecule has 0 radical (unpaired) electrons. The summed E-state index contributed by atoms with van der Waals surface area (Å²) in [4.78, 5) is 1.97. The van der Waals surface area contributed by atoms with Gasteiger partial charge >= 0.3 is 7.99 Å². The third-order valence-electron chi connectivity index (χ3n) is 0.575. The molecule has 8 heteroatoms. The Labute approximate surface area is 97.7 Å². The molecule has 0 bridgehead atoms. The lowest BCUT2D eigenvalue weighted by atomic mass is 12.0. The second-order valence-corrected chi connectivity index (χ2v) is 13.3. The summed E-state index contributed by atoms with van der Waals surface area (Å²) < 4.78 is 32.3. The van der Waals surface area contributed by atoms with Crippen LogP contribution in [0.3, 0.4) is 0 Å². The molecular weight excluding hydrogens is 351 g/mol. The molecule has 0 heterocycles. The van der Waals surface area contributed by atoms with E-state index >= 15 is 0 Å². The van der Waals surface area contributed by atoms with E-state index < -0.39 is 38.6 Å². The van der Waals surface area contributed by atoms with E-state index in [1.807, 2.05) is 4.93 Å².